The van der Waals surface area contributed by atoms with Gasteiger partial charge in [-0.05, 0) is 42.5 Å². The average molecular weight is 373 g/mol. The van der Waals surface area contributed by atoms with Gasteiger partial charge in [-0.1, -0.05) is 11.6 Å². The zero-order valence-corrected chi connectivity index (χ0v) is 13.5. The van der Waals surface area contributed by atoms with E-state index in [9.17, 15) is 22.8 Å². The van der Waals surface area contributed by atoms with Crippen molar-refractivity contribution in [3.63, 3.8) is 0 Å². The molecule has 5 nitrogen and oxygen atoms in total. The third-order valence-corrected chi connectivity index (χ3v) is 3.32. The van der Waals surface area contributed by atoms with Gasteiger partial charge in [-0.25, -0.2) is 0 Å². The Hall–Kier alpha value is -2.74. The van der Waals surface area contributed by atoms with E-state index in [1.54, 1.807) is 29.6 Å². The largest absolute Gasteiger partial charge is 0.495 e. The smallest absolute Gasteiger partial charge is 0.471 e. The van der Waals surface area contributed by atoms with E-state index in [0.29, 0.717) is 10.7 Å². The van der Waals surface area contributed by atoms with Crippen LogP contribution < -0.4 is 15.4 Å². The third-order valence-electron chi connectivity index (χ3n) is 3.07. The van der Waals surface area contributed by atoms with Crippen LogP contribution >= 0.6 is 11.6 Å². The molecule has 0 spiro atoms. The van der Waals surface area contributed by atoms with Crippen LogP contribution in [0.2, 0.25) is 5.02 Å². The molecule has 0 aliphatic carbocycles. The Morgan fingerprint density at radius 2 is 1.68 bits per heavy atom. The highest BCUT2D eigenvalue weighted by atomic mass is 35.5. The lowest BCUT2D eigenvalue weighted by Gasteiger charge is -2.13. The molecule has 0 fully saturated rings. The van der Waals surface area contributed by atoms with Gasteiger partial charge in [0.25, 0.3) is 5.91 Å². The van der Waals surface area contributed by atoms with Crippen molar-refractivity contribution in [3.8, 4) is 5.75 Å². The van der Waals surface area contributed by atoms with Gasteiger partial charge in [-0.15, -0.1) is 0 Å². The number of amides is 2. The Labute approximate surface area is 145 Å². The van der Waals surface area contributed by atoms with Crippen LogP contribution in [-0.4, -0.2) is 25.1 Å². The zero-order valence-electron chi connectivity index (χ0n) is 12.8. The predicted molar refractivity (Wildman–Crippen MR) is 87.1 cm³/mol. The summed E-state index contributed by atoms with van der Waals surface area (Å²) >= 11 is 5.75. The molecule has 2 aromatic rings. The molecule has 0 heterocycles. The first-order valence-corrected chi connectivity index (χ1v) is 7.21. The minimum atomic E-state index is -5.06. The van der Waals surface area contributed by atoms with Crippen molar-refractivity contribution in [1.82, 2.24) is 0 Å². The molecule has 2 amide bonds. The highest BCUT2D eigenvalue weighted by molar-refractivity contribution is 6.30. The highest BCUT2D eigenvalue weighted by Gasteiger charge is 2.39. The number of carbonyl (C=O) groups excluding carboxylic acids is 2. The lowest BCUT2D eigenvalue weighted by molar-refractivity contribution is -0.167. The highest BCUT2D eigenvalue weighted by Crippen LogP contribution is 2.28. The molecule has 25 heavy (non-hydrogen) atoms. The second-order valence-corrected chi connectivity index (χ2v) is 5.26. The van der Waals surface area contributed by atoms with Gasteiger partial charge in [-0.2, -0.15) is 13.2 Å². The number of nitrogens with one attached hydrogen (secondary N) is 2. The quantitative estimate of drug-likeness (QED) is 0.849. The van der Waals surface area contributed by atoms with Crippen molar-refractivity contribution in [2.75, 3.05) is 17.7 Å². The fraction of sp³-hybridized carbons (Fsp3) is 0.125. The Bertz CT molecular complexity index is 792. The van der Waals surface area contributed by atoms with Gasteiger partial charge in [0.15, 0.2) is 0 Å². The molecule has 0 saturated carbocycles. The molecule has 0 bridgehead atoms. The Balaban J connectivity index is 2.23. The Kier molecular flexibility index (Phi) is 5.53. The molecule has 2 rings (SSSR count). The number of methoxy groups -OCH3 is 1. The van der Waals surface area contributed by atoms with E-state index in [-0.39, 0.29) is 17.0 Å². The molecule has 2 aromatic carbocycles. The van der Waals surface area contributed by atoms with Crippen molar-refractivity contribution in [1.29, 1.82) is 0 Å². The molecule has 0 unspecified atom stereocenters. The zero-order chi connectivity index (χ0) is 18.6. The van der Waals surface area contributed by atoms with Crippen LogP contribution in [0.3, 0.4) is 0 Å². The topological polar surface area (TPSA) is 67.4 Å². The summed E-state index contributed by atoms with van der Waals surface area (Å²) in [6.07, 6.45) is -5.06. The van der Waals surface area contributed by atoms with E-state index in [1.165, 1.54) is 19.2 Å². The van der Waals surface area contributed by atoms with Crippen molar-refractivity contribution < 1.29 is 27.5 Å². The van der Waals surface area contributed by atoms with Crippen LogP contribution in [0.25, 0.3) is 0 Å². The van der Waals surface area contributed by atoms with E-state index in [1.807, 2.05) is 0 Å². The molecular weight excluding hydrogens is 361 g/mol. The summed E-state index contributed by atoms with van der Waals surface area (Å²) in [6.45, 7) is 0. The number of rotatable bonds is 4. The minimum absolute atomic E-state index is 0.0133. The third kappa shape index (κ3) is 4.87. The van der Waals surface area contributed by atoms with E-state index in [0.717, 1.165) is 6.07 Å². The number of hydrogen-bond donors (Lipinski definition) is 2. The van der Waals surface area contributed by atoms with Gasteiger partial charge in [0.1, 0.15) is 5.75 Å². The van der Waals surface area contributed by atoms with Crippen LogP contribution in [0.4, 0.5) is 24.5 Å². The summed E-state index contributed by atoms with van der Waals surface area (Å²) in [5, 5.41) is 4.73. The number of hydrogen-bond acceptors (Lipinski definition) is 3. The van der Waals surface area contributed by atoms with Gasteiger partial charge in [0.05, 0.1) is 12.8 Å². The van der Waals surface area contributed by atoms with Crippen molar-refractivity contribution >= 4 is 34.8 Å². The van der Waals surface area contributed by atoms with Gasteiger partial charge in [0.2, 0.25) is 0 Å². The van der Waals surface area contributed by atoms with E-state index in [2.05, 4.69) is 5.32 Å². The Morgan fingerprint density at radius 3 is 2.24 bits per heavy atom. The first-order chi connectivity index (χ1) is 11.7. The molecule has 0 aliphatic heterocycles. The van der Waals surface area contributed by atoms with Gasteiger partial charge < -0.3 is 15.4 Å². The lowest BCUT2D eigenvalue weighted by atomic mass is 10.1. The summed E-state index contributed by atoms with van der Waals surface area (Å²) in [7, 11) is 1.23. The molecule has 0 saturated heterocycles. The van der Waals surface area contributed by atoms with Crippen molar-refractivity contribution in [3.05, 3.63) is 53.1 Å². The number of benzene rings is 2. The van der Waals surface area contributed by atoms with Crippen LogP contribution in [-0.2, 0) is 4.79 Å². The molecule has 2 N–H and O–H groups in total. The monoisotopic (exact) mass is 372 g/mol. The fourth-order valence-corrected chi connectivity index (χ4v) is 2.00. The van der Waals surface area contributed by atoms with Crippen LogP contribution in [0, 0.1) is 0 Å². The van der Waals surface area contributed by atoms with Gasteiger partial charge >= 0.3 is 12.1 Å². The summed E-state index contributed by atoms with van der Waals surface area (Å²) in [5.74, 6) is -2.76. The maximum Gasteiger partial charge on any atom is 0.471 e. The van der Waals surface area contributed by atoms with E-state index < -0.39 is 18.0 Å². The normalized spacial score (nSPS) is 10.9. The molecule has 0 aliphatic rings. The number of halogens is 4. The van der Waals surface area contributed by atoms with E-state index >= 15 is 0 Å². The van der Waals surface area contributed by atoms with Crippen molar-refractivity contribution in [2.24, 2.45) is 0 Å². The van der Waals surface area contributed by atoms with Crippen LogP contribution in [0.15, 0.2) is 42.5 Å². The second kappa shape index (κ2) is 7.43. The van der Waals surface area contributed by atoms with Crippen LogP contribution in [0.5, 0.6) is 5.75 Å². The van der Waals surface area contributed by atoms with Crippen LogP contribution in [0.1, 0.15) is 10.4 Å². The van der Waals surface area contributed by atoms with Gasteiger partial charge in [0, 0.05) is 16.3 Å². The lowest BCUT2D eigenvalue weighted by Crippen LogP contribution is -2.30. The van der Waals surface area contributed by atoms with Crippen molar-refractivity contribution in [2.45, 2.75) is 6.18 Å². The maximum atomic E-state index is 12.4. The summed E-state index contributed by atoms with van der Waals surface area (Å²) < 4.78 is 42.1. The number of ether oxygens (including phenoxy) is 1. The second-order valence-electron chi connectivity index (χ2n) is 4.83. The van der Waals surface area contributed by atoms with Gasteiger partial charge in [-0.3, -0.25) is 9.59 Å². The molecule has 132 valence electrons. The van der Waals surface area contributed by atoms with E-state index in [4.69, 9.17) is 16.3 Å². The maximum absolute atomic E-state index is 12.4. The number of anilines is 2. The molecule has 9 heteroatoms. The fourth-order valence-electron chi connectivity index (χ4n) is 1.88. The molecule has 0 radical (unpaired) electrons. The number of alkyl halides is 3. The minimum Gasteiger partial charge on any atom is -0.495 e. The molecular formula is C16H12ClF3N2O3. The molecule has 0 atom stereocenters. The number of carbonyl (C=O) groups is 2. The first-order valence-electron chi connectivity index (χ1n) is 6.84. The SMILES string of the molecule is COc1ccc(C(=O)Nc2ccc(Cl)cc2)cc1NC(=O)C(F)(F)F. The summed E-state index contributed by atoms with van der Waals surface area (Å²) in [6, 6.07) is 10.00. The average Bonchev–Trinajstić information content (AvgIpc) is 2.56. The summed E-state index contributed by atoms with van der Waals surface area (Å²) in [5.41, 5.74) is 0.216. The Morgan fingerprint density at radius 1 is 1.04 bits per heavy atom. The molecule has 0 aromatic heterocycles. The summed E-state index contributed by atoms with van der Waals surface area (Å²) in [4.78, 5) is 23.3. The standard InChI is InChI=1S/C16H12ClF3N2O3/c1-25-13-7-2-9(8-12(13)22-15(24)16(18,19)20)14(23)21-11-5-3-10(17)4-6-11/h2-8H,1H3,(H,21,23)(H,22,24). The predicted octanol–water partition coefficient (Wildman–Crippen LogP) is 4.10. The first kappa shape index (κ1) is 18.6.